The molecule has 1 aliphatic rings. The third-order valence-electron chi connectivity index (χ3n) is 4.63. The lowest BCUT2D eigenvalue weighted by Gasteiger charge is -2.35. The Morgan fingerprint density at radius 3 is 2.75 bits per heavy atom. The second-order valence-electron chi connectivity index (χ2n) is 6.12. The first-order chi connectivity index (χ1) is 9.59. The van der Waals surface area contributed by atoms with Crippen LogP contribution in [0.1, 0.15) is 57.7 Å². The smallest absolute Gasteiger partial charge is 0.226 e. The molecule has 1 aliphatic carbocycles. The van der Waals surface area contributed by atoms with Gasteiger partial charge in [-0.15, -0.1) is 0 Å². The molecule has 2 rings (SSSR count). The van der Waals surface area contributed by atoms with E-state index in [0.717, 1.165) is 56.2 Å². The summed E-state index contributed by atoms with van der Waals surface area (Å²) in [5.41, 5.74) is -0.330. The van der Waals surface area contributed by atoms with Crippen molar-refractivity contribution in [2.75, 3.05) is 14.2 Å². The van der Waals surface area contributed by atoms with E-state index < -0.39 is 0 Å². The summed E-state index contributed by atoms with van der Waals surface area (Å²) in [7, 11) is 3.72. The van der Waals surface area contributed by atoms with Crippen molar-refractivity contribution in [2.45, 2.75) is 64.0 Å². The molecule has 1 N–H and O–H groups in total. The first-order valence-corrected chi connectivity index (χ1v) is 7.65. The molecule has 0 aromatic carbocycles. The van der Waals surface area contributed by atoms with Crippen LogP contribution in [0.15, 0.2) is 4.52 Å². The molecule has 1 aromatic heterocycles. The normalized spacial score (nSPS) is 28.5. The monoisotopic (exact) mass is 281 g/mol. The highest BCUT2D eigenvalue weighted by atomic mass is 16.5. The third-order valence-corrected chi connectivity index (χ3v) is 4.63. The van der Waals surface area contributed by atoms with Crippen LogP contribution >= 0.6 is 0 Å². The number of ether oxygens (including phenoxy) is 1. The summed E-state index contributed by atoms with van der Waals surface area (Å²) in [4.78, 5) is 4.58. The Hall–Kier alpha value is -0.940. The van der Waals surface area contributed by atoms with Crippen LogP contribution in [0.4, 0.5) is 0 Å². The molecule has 0 aliphatic heterocycles. The van der Waals surface area contributed by atoms with Crippen molar-refractivity contribution < 1.29 is 9.26 Å². The molecule has 1 saturated carbocycles. The van der Waals surface area contributed by atoms with Crippen LogP contribution in [0.2, 0.25) is 0 Å². The zero-order valence-corrected chi connectivity index (χ0v) is 13.1. The molecule has 5 nitrogen and oxygen atoms in total. The maximum atomic E-state index is 5.78. The molecule has 0 radical (unpaired) electrons. The van der Waals surface area contributed by atoms with Gasteiger partial charge in [0.15, 0.2) is 0 Å². The molecular weight excluding hydrogens is 254 g/mol. The maximum absolute atomic E-state index is 5.78. The first-order valence-electron chi connectivity index (χ1n) is 7.65. The van der Waals surface area contributed by atoms with E-state index in [1.54, 1.807) is 7.11 Å². The van der Waals surface area contributed by atoms with Gasteiger partial charge in [0.1, 0.15) is 5.60 Å². The Labute approximate surface area is 121 Å². The molecule has 20 heavy (non-hydrogen) atoms. The molecule has 0 bridgehead atoms. The summed E-state index contributed by atoms with van der Waals surface area (Å²) >= 11 is 0. The van der Waals surface area contributed by atoms with Crippen LogP contribution in [-0.2, 0) is 16.8 Å². The summed E-state index contributed by atoms with van der Waals surface area (Å²) in [6, 6.07) is 0.456. The average molecular weight is 281 g/mol. The summed E-state index contributed by atoms with van der Waals surface area (Å²) < 4.78 is 11.2. The molecule has 0 amide bonds. The third kappa shape index (κ3) is 3.38. The van der Waals surface area contributed by atoms with E-state index in [-0.39, 0.29) is 5.60 Å². The van der Waals surface area contributed by atoms with Crippen molar-refractivity contribution in [3.63, 3.8) is 0 Å². The Bertz CT molecular complexity index is 411. The minimum Gasteiger partial charge on any atom is -0.370 e. The Balaban J connectivity index is 2.02. The zero-order chi connectivity index (χ0) is 14.6. The Morgan fingerprint density at radius 2 is 2.15 bits per heavy atom. The topological polar surface area (TPSA) is 60.2 Å². The van der Waals surface area contributed by atoms with Gasteiger partial charge in [-0.05, 0) is 52.0 Å². The SMILES string of the molecule is CNC(C)CCc1nc(C2(OC)CCC(C)CC2)no1. The maximum Gasteiger partial charge on any atom is 0.226 e. The van der Waals surface area contributed by atoms with Gasteiger partial charge in [0.25, 0.3) is 0 Å². The fourth-order valence-corrected chi connectivity index (χ4v) is 2.77. The fourth-order valence-electron chi connectivity index (χ4n) is 2.77. The van der Waals surface area contributed by atoms with Crippen LogP contribution in [0.25, 0.3) is 0 Å². The van der Waals surface area contributed by atoms with E-state index in [9.17, 15) is 0 Å². The van der Waals surface area contributed by atoms with E-state index in [2.05, 4.69) is 29.3 Å². The van der Waals surface area contributed by atoms with Crippen molar-refractivity contribution in [3.05, 3.63) is 11.7 Å². The van der Waals surface area contributed by atoms with Gasteiger partial charge in [0.05, 0.1) is 0 Å². The van der Waals surface area contributed by atoms with Crippen LogP contribution in [-0.4, -0.2) is 30.3 Å². The highest BCUT2D eigenvalue weighted by molar-refractivity contribution is 5.04. The first kappa shape index (κ1) is 15.4. The van der Waals surface area contributed by atoms with Crippen molar-refractivity contribution >= 4 is 0 Å². The molecular formula is C15H27N3O2. The van der Waals surface area contributed by atoms with Crippen molar-refractivity contribution in [1.29, 1.82) is 0 Å². The number of hydrogen-bond donors (Lipinski definition) is 1. The van der Waals surface area contributed by atoms with Crippen LogP contribution in [0, 0.1) is 5.92 Å². The summed E-state index contributed by atoms with van der Waals surface area (Å²) in [6.45, 7) is 4.44. The van der Waals surface area contributed by atoms with Gasteiger partial charge in [-0.25, -0.2) is 0 Å². The lowest BCUT2D eigenvalue weighted by molar-refractivity contribution is -0.0609. The second-order valence-corrected chi connectivity index (χ2v) is 6.12. The number of nitrogens with one attached hydrogen (secondary N) is 1. The lowest BCUT2D eigenvalue weighted by Crippen LogP contribution is -2.34. The van der Waals surface area contributed by atoms with Gasteiger partial charge >= 0.3 is 0 Å². The molecule has 1 heterocycles. The number of methoxy groups -OCH3 is 1. The molecule has 5 heteroatoms. The largest absolute Gasteiger partial charge is 0.370 e. The van der Waals surface area contributed by atoms with Crippen LogP contribution < -0.4 is 5.32 Å². The number of hydrogen-bond acceptors (Lipinski definition) is 5. The highest BCUT2D eigenvalue weighted by Gasteiger charge is 2.40. The van der Waals surface area contributed by atoms with Crippen molar-refractivity contribution in [1.82, 2.24) is 15.5 Å². The van der Waals surface area contributed by atoms with E-state index in [1.807, 2.05) is 7.05 Å². The minimum atomic E-state index is -0.330. The number of aromatic nitrogens is 2. The lowest BCUT2D eigenvalue weighted by atomic mass is 9.79. The Kier molecular flexibility index (Phi) is 5.16. The highest BCUT2D eigenvalue weighted by Crippen LogP contribution is 2.40. The quantitative estimate of drug-likeness (QED) is 0.868. The van der Waals surface area contributed by atoms with Gasteiger partial charge < -0.3 is 14.6 Å². The van der Waals surface area contributed by atoms with Gasteiger partial charge in [0, 0.05) is 19.6 Å². The minimum absolute atomic E-state index is 0.330. The van der Waals surface area contributed by atoms with Gasteiger partial charge in [-0.1, -0.05) is 12.1 Å². The molecule has 1 aromatic rings. The molecule has 114 valence electrons. The standard InChI is InChI=1S/C15H27N3O2/c1-11-7-9-15(19-4,10-8-11)14-17-13(20-18-14)6-5-12(2)16-3/h11-12,16H,5-10H2,1-4H3. The van der Waals surface area contributed by atoms with E-state index >= 15 is 0 Å². The van der Waals surface area contributed by atoms with Crippen molar-refractivity contribution in [2.24, 2.45) is 5.92 Å². The Morgan fingerprint density at radius 1 is 1.45 bits per heavy atom. The second kappa shape index (κ2) is 6.68. The van der Waals surface area contributed by atoms with E-state index in [0.29, 0.717) is 6.04 Å². The molecule has 1 unspecified atom stereocenters. The van der Waals surface area contributed by atoms with Gasteiger partial charge in [-0.3, -0.25) is 0 Å². The summed E-state index contributed by atoms with van der Waals surface area (Å²) in [5, 5.41) is 7.39. The average Bonchev–Trinajstić information content (AvgIpc) is 2.95. The van der Waals surface area contributed by atoms with Crippen molar-refractivity contribution in [3.8, 4) is 0 Å². The molecule has 1 fully saturated rings. The van der Waals surface area contributed by atoms with Crippen LogP contribution in [0.5, 0.6) is 0 Å². The predicted molar refractivity (Wildman–Crippen MR) is 77.5 cm³/mol. The van der Waals surface area contributed by atoms with E-state index in [1.165, 1.54) is 0 Å². The molecule has 0 saturated heterocycles. The van der Waals surface area contributed by atoms with Crippen LogP contribution in [0.3, 0.4) is 0 Å². The predicted octanol–water partition coefficient (Wildman–Crippen LogP) is 2.66. The molecule has 1 atom stereocenters. The van der Waals surface area contributed by atoms with Gasteiger partial charge in [-0.2, -0.15) is 4.98 Å². The molecule has 0 spiro atoms. The fraction of sp³-hybridized carbons (Fsp3) is 0.867. The van der Waals surface area contributed by atoms with E-state index in [4.69, 9.17) is 9.26 Å². The zero-order valence-electron chi connectivity index (χ0n) is 13.1. The number of aryl methyl sites for hydroxylation is 1. The summed E-state index contributed by atoms with van der Waals surface area (Å²) in [5.74, 6) is 2.22. The number of rotatable bonds is 6. The summed E-state index contributed by atoms with van der Waals surface area (Å²) in [6.07, 6.45) is 6.09. The number of nitrogens with zero attached hydrogens (tertiary/aromatic N) is 2. The van der Waals surface area contributed by atoms with Gasteiger partial charge in [0.2, 0.25) is 11.7 Å².